The smallest absolute Gasteiger partial charge is 0.313 e. The molecule has 0 amide bonds. The second kappa shape index (κ2) is 7.00. The van der Waals surface area contributed by atoms with Crippen LogP contribution in [0.25, 0.3) is 0 Å². The van der Waals surface area contributed by atoms with Gasteiger partial charge in [-0.15, -0.1) is 0 Å². The molecular formula is C15H16BrN5O3. The fourth-order valence-corrected chi connectivity index (χ4v) is 2.93. The second-order valence-electron chi connectivity index (χ2n) is 5.48. The standard InChI is InChI=1S/C15H16BrN5O3/c16-11-4-6-14(20(22)10-11)18-15-12(21(23)24)5-7-13(17-15)19-8-2-1-3-9-19/h4-7,10,22H,1-3,8-9H2/b18-14+. The number of pyridine rings is 2. The minimum atomic E-state index is -0.521. The molecule has 0 aliphatic carbocycles. The summed E-state index contributed by atoms with van der Waals surface area (Å²) < 4.78 is 1.46. The number of anilines is 1. The zero-order valence-electron chi connectivity index (χ0n) is 12.8. The van der Waals surface area contributed by atoms with Crippen molar-refractivity contribution >= 4 is 33.3 Å². The van der Waals surface area contributed by atoms with Gasteiger partial charge in [0.1, 0.15) is 5.82 Å². The maximum atomic E-state index is 11.3. The zero-order chi connectivity index (χ0) is 17.1. The van der Waals surface area contributed by atoms with E-state index in [1.807, 2.05) is 0 Å². The van der Waals surface area contributed by atoms with E-state index in [0.29, 0.717) is 10.3 Å². The van der Waals surface area contributed by atoms with Crippen LogP contribution in [0, 0.1) is 10.1 Å². The summed E-state index contributed by atoms with van der Waals surface area (Å²) in [6, 6.07) is 6.29. The summed E-state index contributed by atoms with van der Waals surface area (Å²) in [5.41, 5.74) is -0.0386. The molecule has 2 aromatic rings. The maximum absolute atomic E-state index is 11.3. The monoisotopic (exact) mass is 393 g/mol. The Kier molecular flexibility index (Phi) is 4.79. The summed E-state index contributed by atoms with van der Waals surface area (Å²) in [5.74, 6) is 0.647. The minimum Gasteiger partial charge on any atom is -0.427 e. The predicted molar refractivity (Wildman–Crippen MR) is 91.5 cm³/mol. The van der Waals surface area contributed by atoms with Gasteiger partial charge in [-0.25, -0.2) is 9.98 Å². The first-order chi connectivity index (χ1) is 11.5. The van der Waals surface area contributed by atoms with Crippen LogP contribution < -0.4 is 10.4 Å². The molecule has 0 atom stereocenters. The first-order valence-electron chi connectivity index (χ1n) is 7.57. The van der Waals surface area contributed by atoms with Crippen LogP contribution >= 0.6 is 15.9 Å². The van der Waals surface area contributed by atoms with Crippen molar-refractivity contribution < 1.29 is 10.1 Å². The first kappa shape index (κ1) is 16.4. The van der Waals surface area contributed by atoms with Crippen LogP contribution in [0.2, 0.25) is 0 Å². The molecule has 3 rings (SSSR count). The first-order valence-corrected chi connectivity index (χ1v) is 8.36. The van der Waals surface area contributed by atoms with Gasteiger partial charge < -0.3 is 10.1 Å². The number of aromatic nitrogens is 2. The lowest BCUT2D eigenvalue weighted by atomic mass is 10.1. The van der Waals surface area contributed by atoms with E-state index in [0.717, 1.165) is 30.7 Å². The van der Waals surface area contributed by atoms with Crippen molar-refractivity contribution in [1.82, 2.24) is 9.71 Å². The van der Waals surface area contributed by atoms with Crippen LogP contribution in [-0.2, 0) is 0 Å². The topological polar surface area (TPSA) is 96.8 Å². The second-order valence-corrected chi connectivity index (χ2v) is 6.39. The molecule has 0 unspecified atom stereocenters. The Morgan fingerprint density at radius 2 is 1.96 bits per heavy atom. The van der Waals surface area contributed by atoms with Gasteiger partial charge in [0.25, 0.3) is 0 Å². The summed E-state index contributed by atoms with van der Waals surface area (Å²) in [4.78, 5) is 21.4. The molecule has 9 heteroatoms. The third kappa shape index (κ3) is 3.56. The van der Waals surface area contributed by atoms with Crippen LogP contribution in [0.3, 0.4) is 0 Å². The highest BCUT2D eigenvalue weighted by Crippen LogP contribution is 2.28. The van der Waals surface area contributed by atoms with Gasteiger partial charge in [0.2, 0.25) is 5.82 Å². The van der Waals surface area contributed by atoms with Gasteiger partial charge in [-0.3, -0.25) is 10.1 Å². The van der Waals surface area contributed by atoms with E-state index in [-0.39, 0.29) is 17.0 Å². The molecule has 2 aromatic heterocycles. The number of hydrogen-bond donors (Lipinski definition) is 1. The fraction of sp³-hybridized carbons (Fsp3) is 0.333. The van der Waals surface area contributed by atoms with Crippen molar-refractivity contribution in [2.45, 2.75) is 19.3 Å². The van der Waals surface area contributed by atoms with E-state index in [2.05, 4.69) is 30.8 Å². The summed E-state index contributed by atoms with van der Waals surface area (Å²) in [6.07, 6.45) is 4.74. The average Bonchev–Trinajstić information content (AvgIpc) is 2.58. The van der Waals surface area contributed by atoms with Gasteiger partial charge in [-0.05, 0) is 53.4 Å². The van der Waals surface area contributed by atoms with E-state index in [1.165, 1.54) is 18.7 Å². The van der Waals surface area contributed by atoms with E-state index in [1.54, 1.807) is 18.2 Å². The highest BCUT2D eigenvalue weighted by Gasteiger charge is 2.19. The number of halogens is 1. The van der Waals surface area contributed by atoms with Crippen molar-refractivity contribution in [3.05, 3.63) is 50.5 Å². The molecule has 0 saturated carbocycles. The highest BCUT2D eigenvalue weighted by molar-refractivity contribution is 9.10. The Morgan fingerprint density at radius 3 is 2.62 bits per heavy atom. The molecule has 3 heterocycles. The van der Waals surface area contributed by atoms with Crippen LogP contribution in [-0.4, -0.2) is 32.9 Å². The van der Waals surface area contributed by atoms with Crippen molar-refractivity contribution in [1.29, 1.82) is 0 Å². The SMILES string of the molecule is O=[N+]([O-])c1ccc(N2CCCCC2)nc1/N=c1\ccc(Br)cn1O. The van der Waals surface area contributed by atoms with Gasteiger partial charge in [0, 0.05) is 23.6 Å². The van der Waals surface area contributed by atoms with Crippen molar-refractivity contribution in [3.63, 3.8) is 0 Å². The van der Waals surface area contributed by atoms with Gasteiger partial charge in [-0.1, -0.05) is 0 Å². The van der Waals surface area contributed by atoms with Crippen molar-refractivity contribution in [3.8, 4) is 0 Å². The minimum absolute atomic E-state index is 0.0202. The maximum Gasteiger partial charge on any atom is 0.313 e. The molecular weight excluding hydrogens is 378 g/mol. The summed E-state index contributed by atoms with van der Waals surface area (Å²) in [6.45, 7) is 1.76. The van der Waals surface area contributed by atoms with Crippen LogP contribution in [0.4, 0.5) is 17.3 Å². The van der Waals surface area contributed by atoms with Crippen molar-refractivity contribution in [2.75, 3.05) is 18.0 Å². The molecule has 0 radical (unpaired) electrons. The number of rotatable bonds is 3. The summed E-state index contributed by atoms with van der Waals surface area (Å²) in [7, 11) is 0. The lowest BCUT2D eigenvalue weighted by molar-refractivity contribution is -0.384. The third-order valence-corrected chi connectivity index (χ3v) is 4.28. The normalized spacial score (nSPS) is 15.5. The largest absolute Gasteiger partial charge is 0.427 e. The Balaban J connectivity index is 2.08. The molecule has 1 aliphatic rings. The number of nitro groups is 1. The Hall–Kier alpha value is -2.42. The fourth-order valence-electron chi connectivity index (χ4n) is 2.61. The predicted octanol–water partition coefficient (Wildman–Crippen LogP) is 3.01. The van der Waals surface area contributed by atoms with Gasteiger partial charge in [0.05, 0.1) is 11.1 Å². The number of piperidine rings is 1. The van der Waals surface area contributed by atoms with Gasteiger partial charge in [-0.2, -0.15) is 4.73 Å². The van der Waals surface area contributed by atoms with Crippen LogP contribution in [0.15, 0.2) is 39.9 Å². The molecule has 126 valence electrons. The Labute approximate surface area is 146 Å². The van der Waals surface area contributed by atoms with E-state index in [9.17, 15) is 15.3 Å². The van der Waals surface area contributed by atoms with Gasteiger partial charge >= 0.3 is 5.69 Å². The average molecular weight is 394 g/mol. The Morgan fingerprint density at radius 1 is 1.21 bits per heavy atom. The lowest BCUT2D eigenvalue weighted by Gasteiger charge is -2.27. The molecule has 0 bridgehead atoms. The van der Waals surface area contributed by atoms with Crippen LogP contribution in [0.5, 0.6) is 0 Å². The molecule has 0 spiro atoms. The molecule has 1 aliphatic heterocycles. The molecule has 0 aromatic carbocycles. The van der Waals surface area contributed by atoms with E-state index in [4.69, 9.17) is 0 Å². The van der Waals surface area contributed by atoms with E-state index < -0.39 is 4.92 Å². The van der Waals surface area contributed by atoms with Crippen molar-refractivity contribution in [2.24, 2.45) is 4.99 Å². The Bertz CT molecular complexity index is 830. The molecule has 1 fully saturated rings. The third-order valence-electron chi connectivity index (χ3n) is 3.81. The lowest BCUT2D eigenvalue weighted by Crippen LogP contribution is -2.30. The quantitative estimate of drug-likeness (QED) is 0.491. The van der Waals surface area contributed by atoms with E-state index >= 15 is 0 Å². The number of nitrogens with zero attached hydrogens (tertiary/aromatic N) is 5. The van der Waals surface area contributed by atoms with Crippen LogP contribution in [0.1, 0.15) is 19.3 Å². The number of hydrogen-bond acceptors (Lipinski definition) is 6. The molecule has 8 nitrogen and oxygen atoms in total. The summed E-state index contributed by atoms with van der Waals surface area (Å²) >= 11 is 3.23. The molecule has 1 saturated heterocycles. The highest BCUT2D eigenvalue weighted by atomic mass is 79.9. The molecule has 1 N–H and O–H groups in total. The summed E-state index contributed by atoms with van der Waals surface area (Å²) in [5, 5.41) is 21.1. The van der Waals surface area contributed by atoms with Gasteiger partial charge in [0.15, 0.2) is 5.49 Å². The zero-order valence-corrected chi connectivity index (χ0v) is 14.4. The molecule has 24 heavy (non-hydrogen) atoms.